The fourth-order valence-electron chi connectivity index (χ4n) is 5.61. The van der Waals surface area contributed by atoms with Gasteiger partial charge in [-0.05, 0) is 51.1 Å². The lowest BCUT2D eigenvalue weighted by atomic mass is 9.51. The van der Waals surface area contributed by atoms with E-state index in [0.717, 1.165) is 24.9 Å². The summed E-state index contributed by atoms with van der Waals surface area (Å²) in [5, 5.41) is 21.5. The van der Waals surface area contributed by atoms with Crippen molar-refractivity contribution in [3.63, 3.8) is 0 Å². The summed E-state index contributed by atoms with van der Waals surface area (Å²) in [6, 6.07) is 3.95. The maximum atomic E-state index is 12.3. The van der Waals surface area contributed by atoms with Crippen LogP contribution in [0, 0.1) is 5.92 Å². The molecule has 1 aromatic carbocycles. The highest BCUT2D eigenvalue weighted by molar-refractivity contribution is 5.89. The number of likely N-dealkylation sites (N-methyl/N-ethyl adjacent to an activating group) is 1. The van der Waals surface area contributed by atoms with Crippen LogP contribution >= 0.6 is 0 Å². The van der Waals surface area contributed by atoms with Crippen LogP contribution in [0.2, 0.25) is 0 Å². The van der Waals surface area contributed by atoms with Gasteiger partial charge in [0.1, 0.15) is 6.10 Å². The van der Waals surface area contributed by atoms with Gasteiger partial charge in [-0.25, -0.2) is 0 Å². The normalized spacial score (nSPS) is 41.7. The third-order valence-electron chi connectivity index (χ3n) is 6.80. The highest BCUT2D eigenvalue weighted by Crippen LogP contribution is 2.63. The Morgan fingerprint density at radius 3 is 2.96 bits per heavy atom. The lowest BCUT2D eigenvalue weighted by molar-refractivity contribution is -0.148. The Bertz CT molecular complexity index is 803. The second-order valence-electron chi connectivity index (χ2n) is 7.75. The van der Waals surface area contributed by atoms with Crippen molar-refractivity contribution < 1.29 is 19.7 Å². The van der Waals surface area contributed by atoms with Crippen LogP contribution in [0.15, 0.2) is 24.3 Å². The molecule has 5 rings (SSSR count). The SMILES string of the molecule is CC(=O)[C@]1(O)C=C[C@H]2[C@@H]3Cc4ccc(O)c5c4[C@@]2(CCN3C)[C@H]1O5. The standard InChI is InChI=1S/C19H21NO4/c1-10(21)19(23)6-5-12-13-9-11-3-4-14(22)16-15(11)18(12,17(19)24-16)7-8-20(13)2/h3-6,12-13,17,22-23H,7-9H2,1-2H3/t12-,13-,17+,18-,19+/m0/s1. The summed E-state index contributed by atoms with van der Waals surface area (Å²) in [6.45, 7) is 2.29. The number of benzene rings is 1. The van der Waals surface area contributed by atoms with E-state index >= 15 is 0 Å². The molecule has 0 unspecified atom stereocenters. The summed E-state index contributed by atoms with van der Waals surface area (Å²) in [5.74, 6) is 0.427. The number of hydrogen-bond donors (Lipinski definition) is 2. The molecule has 0 saturated carbocycles. The fourth-order valence-corrected chi connectivity index (χ4v) is 5.61. The number of phenolic OH excluding ortho intramolecular Hbond substituents is 1. The summed E-state index contributed by atoms with van der Waals surface area (Å²) in [6.07, 6.45) is 4.67. The van der Waals surface area contributed by atoms with Crippen LogP contribution in [0.3, 0.4) is 0 Å². The van der Waals surface area contributed by atoms with Gasteiger partial charge in [-0.1, -0.05) is 12.1 Å². The first-order chi connectivity index (χ1) is 11.4. The molecule has 2 bridgehead atoms. The summed E-state index contributed by atoms with van der Waals surface area (Å²) in [4.78, 5) is 14.6. The monoisotopic (exact) mass is 327 g/mol. The zero-order chi connectivity index (χ0) is 16.9. The number of phenols is 1. The average Bonchev–Trinajstić information content (AvgIpc) is 2.91. The first kappa shape index (κ1) is 14.5. The summed E-state index contributed by atoms with van der Waals surface area (Å²) in [5.41, 5.74) is 0.107. The number of rotatable bonds is 1. The molecule has 2 aliphatic heterocycles. The van der Waals surface area contributed by atoms with Gasteiger partial charge >= 0.3 is 0 Å². The molecule has 5 heteroatoms. The minimum atomic E-state index is -1.64. The number of aliphatic hydroxyl groups is 1. The van der Waals surface area contributed by atoms with Crippen molar-refractivity contribution >= 4 is 5.78 Å². The van der Waals surface area contributed by atoms with Crippen LogP contribution in [0.4, 0.5) is 0 Å². The Hall–Kier alpha value is -1.85. The quantitative estimate of drug-likeness (QED) is 0.758. The van der Waals surface area contributed by atoms with E-state index in [1.54, 1.807) is 12.1 Å². The minimum Gasteiger partial charge on any atom is -0.504 e. The van der Waals surface area contributed by atoms with E-state index < -0.39 is 17.1 Å². The van der Waals surface area contributed by atoms with E-state index in [1.165, 1.54) is 12.5 Å². The van der Waals surface area contributed by atoms with Gasteiger partial charge in [0.05, 0.1) is 0 Å². The molecule has 24 heavy (non-hydrogen) atoms. The van der Waals surface area contributed by atoms with Crippen LogP contribution in [0.25, 0.3) is 0 Å². The highest BCUT2D eigenvalue weighted by atomic mass is 16.5. The third-order valence-corrected chi connectivity index (χ3v) is 6.80. The van der Waals surface area contributed by atoms with Crippen LogP contribution in [-0.2, 0) is 16.6 Å². The van der Waals surface area contributed by atoms with Crippen LogP contribution in [-0.4, -0.2) is 52.2 Å². The predicted molar refractivity (Wildman–Crippen MR) is 87.2 cm³/mol. The second-order valence-corrected chi connectivity index (χ2v) is 7.75. The molecule has 0 amide bonds. The van der Waals surface area contributed by atoms with Gasteiger partial charge in [0, 0.05) is 22.9 Å². The molecule has 0 aromatic heterocycles. The first-order valence-electron chi connectivity index (χ1n) is 8.54. The van der Waals surface area contributed by atoms with Crippen LogP contribution < -0.4 is 4.74 Å². The Balaban J connectivity index is 1.84. The molecule has 5 atom stereocenters. The van der Waals surface area contributed by atoms with Gasteiger partial charge in [0.25, 0.3) is 0 Å². The number of carbonyl (C=O) groups is 1. The van der Waals surface area contributed by atoms with Crippen molar-refractivity contribution in [2.45, 2.75) is 42.9 Å². The van der Waals surface area contributed by atoms with E-state index in [-0.39, 0.29) is 17.5 Å². The molecule has 126 valence electrons. The van der Waals surface area contributed by atoms with Crippen molar-refractivity contribution in [1.82, 2.24) is 4.90 Å². The zero-order valence-corrected chi connectivity index (χ0v) is 13.8. The highest BCUT2D eigenvalue weighted by Gasteiger charge is 2.68. The van der Waals surface area contributed by atoms with Gasteiger partial charge in [-0.2, -0.15) is 0 Å². The molecule has 5 nitrogen and oxygen atoms in total. The zero-order valence-electron chi connectivity index (χ0n) is 13.8. The molecular weight excluding hydrogens is 306 g/mol. The number of ether oxygens (including phenoxy) is 1. The minimum absolute atomic E-state index is 0.0968. The first-order valence-corrected chi connectivity index (χ1v) is 8.54. The molecule has 1 aromatic rings. The molecule has 1 spiro atoms. The number of likely N-dealkylation sites (tertiary alicyclic amines) is 1. The van der Waals surface area contributed by atoms with Crippen molar-refractivity contribution in [3.05, 3.63) is 35.4 Å². The number of hydrogen-bond acceptors (Lipinski definition) is 5. The lowest BCUT2D eigenvalue weighted by Gasteiger charge is -2.58. The van der Waals surface area contributed by atoms with Crippen LogP contribution in [0.5, 0.6) is 11.5 Å². The van der Waals surface area contributed by atoms with Gasteiger partial charge < -0.3 is 19.8 Å². The van der Waals surface area contributed by atoms with Crippen molar-refractivity contribution in [2.24, 2.45) is 5.92 Å². The van der Waals surface area contributed by atoms with Gasteiger partial charge in [-0.3, -0.25) is 4.79 Å². The maximum Gasteiger partial charge on any atom is 0.178 e. The molecule has 2 aliphatic carbocycles. The van der Waals surface area contributed by atoms with Gasteiger partial charge in [0.15, 0.2) is 22.9 Å². The number of piperidine rings is 1. The Morgan fingerprint density at radius 2 is 2.21 bits per heavy atom. The largest absolute Gasteiger partial charge is 0.504 e. The smallest absolute Gasteiger partial charge is 0.178 e. The molecule has 0 radical (unpaired) electrons. The summed E-state index contributed by atoms with van der Waals surface area (Å²) >= 11 is 0. The van der Waals surface area contributed by atoms with E-state index in [4.69, 9.17) is 4.74 Å². The molecule has 4 aliphatic rings. The Kier molecular flexibility index (Phi) is 2.54. The van der Waals surface area contributed by atoms with Crippen molar-refractivity contribution in [3.8, 4) is 11.5 Å². The average molecular weight is 327 g/mol. The number of ketones is 1. The number of Topliss-reactive ketones (excluding diaryl/α,β-unsaturated/α-hetero) is 1. The number of carbonyl (C=O) groups excluding carboxylic acids is 1. The molecular formula is C19H21NO4. The predicted octanol–water partition coefficient (Wildman–Crippen LogP) is 1.16. The van der Waals surface area contributed by atoms with Crippen LogP contribution in [0.1, 0.15) is 24.5 Å². The third kappa shape index (κ3) is 1.38. The molecule has 2 N–H and O–H groups in total. The Labute approximate surface area is 140 Å². The number of aromatic hydroxyl groups is 1. The Morgan fingerprint density at radius 1 is 1.42 bits per heavy atom. The van der Waals surface area contributed by atoms with E-state index in [0.29, 0.717) is 11.8 Å². The fraction of sp³-hybridized carbons (Fsp3) is 0.526. The topological polar surface area (TPSA) is 70.0 Å². The number of nitrogens with zero attached hydrogens (tertiary/aromatic N) is 1. The summed E-state index contributed by atoms with van der Waals surface area (Å²) < 4.78 is 6.13. The lowest BCUT2D eigenvalue weighted by Crippen LogP contribution is -2.69. The summed E-state index contributed by atoms with van der Waals surface area (Å²) in [7, 11) is 2.13. The van der Waals surface area contributed by atoms with Crippen molar-refractivity contribution in [1.29, 1.82) is 0 Å². The maximum absolute atomic E-state index is 12.3. The van der Waals surface area contributed by atoms with E-state index in [9.17, 15) is 15.0 Å². The van der Waals surface area contributed by atoms with E-state index in [1.807, 2.05) is 12.1 Å². The second kappa shape index (κ2) is 4.21. The van der Waals surface area contributed by atoms with Crippen molar-refractivity contribution in [2.75, 3.05) is 13.6 Å². The molecule has 1 fully saturated rings. The molecule has 2 heterocycles. The van der Waals surface area contributed by atoms with Gasteiger partial charge in [-0.15, -0.1) is 0 Å². The van der Waals surface area contributed by atoms with Gasteiger partial charge in [0.2, 0.25) is 0 Å². The van der Waals surface area contributed by atoms with E-state index in [2.05, 4.69) is 11.9 Å². The molecule has 1 saturated heterocycles.